The number of hydrogen-bond acceptors (Lipinski definition) is 3. The molecule has 4 heteroatoms. The van der Waals surface area contributed by atoms with Gasteiger partial charge in [-0.05, 0) is 31.0 Å². The predicted octanol–water partition coefficient (Wildman–Crippen LogP) is 3.56. The van der Waals surface area contributed by atoms with Crippen LogP contribution in [0.4, 0.5) is 0 Å². The first kappa shape index (κ1) is 14.5. The van der Waals surface area contributed by atoms with E-state index in [1.165, 1.54) is 0 Å². The van der Waals surface area contributed by atoms with Gasteiger partial charge in [0.05, 0.1) is 12.5 Å². The first-order chi connectivity index (χ1) is 9.15. The quantitative estimate of drug-likeness (QED) is 0.748. The molecule has 0 bridgehead atoms. The number of hydrogen-bond donors (Lipinski definition) is 0. The maximum atomic E-state index is 6.17. The zero-order valence-electron chi connectivity index (χ0n) is 11.7. The Bertz CT molecular complexity index is 422. The number of halogens is 1. The molecule has 0 radical (unpaired) electrons. The zero-order valence-corrected chi connectivity index (χ0v) is 12.4. The van der Waals surface area contributed by atoms with Gasteiger partial charge in [0.1, 0.15) is 12.2 Å². The van der Waals surface area contributed by atoms with Gasteiger partial charge in [0.2, 0.25) is 0 Å². The number of methoxy groups -OCH3 is 1. The van der Waals surface area contributed by atoms with Crippen LogP contribution in [0.2, 0.25) is 0 Å². The third-order valence-corrected chi connectivity index (χ3v) is 3.72. The van der Waals surface area contributed by atoms with Crippen molar-refractivity contribution in [2.45, 2.75) is 44.3 Å². The van der Waals surface area contributed by atoms with E-state index in [0.29, 0.717) is 0 Å². The van der Waals surface area contributed by atoms with E-state index in [1.807, 2.05) is 25.1 Å². The monoisotopic (exact) mass is 284 g/mol. The van der Waals surface area contributed by atoms with Crippen molar-refractivity contribution < 1.29 is 14.2 Å². The summed E-state index contributed by atoms with van der Waals surface area (Å²) in [5, 5.41) is 0.0491. The lowest BCUT2D eigenvalue weighted by atomic mass is 9.91. The highest BCUT2D eigenvalue weighted by Gasteiger charge is 2.43. The molecule has 1 fully saturated rings. The van der Waals surface area contributed by atoms with Crippen molar-refractivity contribution in [3.63, 3.8) is 0 Å². The second-order valence-corrected chi connectivity index (χ2v) is 5.46. The number of rotatable bonds is 6. The van der Waals surface area contributed by atoms with Crippen molar-refractivity contribution in [3.05, 3.63) is 23.8 Å². The standard InChI is InChI=1S/C15H21ClO3/c1-4-7-18-15-11(16)9-14(15)19-12-6-5-10(2)8-13(12)17-3/h5-6,8,11,14-15H,4,7,9H2,1-3H3. The molecule has 1 aliphatic carbocycles. The zero-order chi connectivity index (χ0) is 13.8. The smallest absolute Gasteiger partial charge is 0.161 e. The lowest BCUT2D eigenvalue weighted by Gasteiger charge is -2.40. The van der Waals surface area contributed by atoms with Crippen LogP contribution in [0, 0.1) is 6.92 Å². The summed E-state index contributed by atoms with van der Waals surface area (Å²) < 4.78 is 17.0. The molecular weight excluding hydrogens is 264 g/mol. The third kappa shape index (κ3) is 3.34. The molecule has 1 aromatic rings. The van der Waals surface area contributed by atoms with Crippen LogP contribution in [0.15, 0.2) is 18.2 Å². The van der Waals surface area contributed by atoms with Crippen molar-refractivity contribution >= 4 is 11.6 Å². The van der Waals surface area contributed by atoms with E-state index in [9.17, 15) is 0 Å². The molecule has 1 aromatic carbocycles. The topological polar surface area (TPSA) is 27.7 Å². The summed E-state index contributed by atoms with van der Waals surface area (Å²) in [6, 6.07) is 5.91. The second-order valence-electron chi connectivity index (χ2n) is 4.90. The third-order valence-electron chi connectivity index (χ3n) is 3.29. The van der Waals surface area contributed by atoms with Gasteiger partial charge in [-0.25, -0.2) is 0 Å². The first-order valence-electron chi connectivity index (χ1n) is 6.72. The van der Waals surface area contributed by atoms with Crippen LogP contribution in [-0.2, 0) is 4.74 Å². The van der Waals surface area contributed by atoms with Gasteiger partial charge in [-0.2, -0.15) is 0 Å². The van der Waals surface area contributed by atoms with E-state index in [4.69, 9.17) is 25.8 Å². The Balaban J connectivity index is 2.01. The van der Waals surface area contributed by atoms with Crippen LogP contribution in [0.1, 0.15) is 25.3 Å². The van der Waals surface area contributed by atoms with Gasteiger partial charge < -0.3 is 14.2 Å². The summed E-state index contributed by atoms with van der Waals surface area (Å²) >= 11 is 6.17. The first-order valence-corrected chi connectivity index (χ1v) is 7.16. The number of aryl methyl sites for hydroxylation is 1. The molecule has 2 rings (SSSR count). The van der Waals surface area contributed by atoms with E-state index < -0.39 is 0 Å². The molecule has 106 valence electrons. The Kier molecular flexibility index (Phi) is 4.94. The highest BCUT2D eigenvalue weighted by Crippen LogP contribution is 2.36. The second kappa shape index (κ2) is 6.49. The Labute approximate surface area is 119 Å². The highest BCUT2D eigenvalue weighted by atomic mass is 35.5. The van der Waals surface area contributed by atoms with E-state index in [-0.39, 0.29) is 17.6 Å². The molecule has 0 spiro atoms. The van der Waals surface area contributed by atoms with Crippen LogP contribution in [0.5, 0.6) is 11.5 Å². The van der Waals surface area contributed by atoms with E-state index in [2.05, 4.69) is 6.92 Å². The van der Waals surface area contributed by atoms with Crippen molar-refractivity contribution in [1.82, 2.24) is 0 Å². The Morgan fingerprint density at radius 2 is 2.11 bits per heavy atom. The minimum Gasteiger partial charge on any atom is -0.493 e. The van der Waals surface area contributed by atoms with Crippen LogP contribution in [0.25, 0.3) is 0 Å². The van der Waals surface area contributed by atoms with Gasteiger partial charge in [-0.1, -0.05) is 13.0 Å². The molecule has 1 aliphatic rings. The summed E-state index contributed by atoms with van der Waals surface area (Å²) in [5.41, 5.74) is 1.15. The predicted molar refractivity (Wildman–Crippen MR) is 76.4 cm³/mol. The fraction of sp³-hybridized carbons (Fsp3) is 0.600. The molecule has 0 aromatic heterocycles. The fourth-order valence-corrected chi connectivity index (χ4v) is 2.55. The Morgan fingerprint density at radius 3 is 2.74 bits per heavy atom. The summed E-state index contributed by atoms with van der Waals surface area (Å²) in [7, 11) is 1.65. The lowest BCUT2D eigenvalue weighted by molar-refractivity contribution is -0.0803. The molecule has 3 nitrogen and oxygen atoms in total. The SMILES string of the molecule is CCCOC1C(Cl)CC1Oc1ccc(C)cc1OC. The van der Waals surface area contributed by atoms with Crippen molar-refractivity contribution in [1.29, 1.82) is 0 Å². The summed E-state index contributed by atoms with van der Waals surface area (Å²) in [5.74, 6) is 1.51. The molecule has 3 unspecified atom stereocenters. The molecule has 1 saturated carbocycles. The van der Waals surface area contributed by atoms with Crippen molar-refractivity contribution in [3.8, 4) is 11.5 Å². The summed E-state index contributed by atoms with van der Waals surface area (Å²) in [6.07, 6.45) is 1.80. The molecule has 0 amide bonds. The molecule has 0 N–H and O–H groups in total. The average Bonchev–Trinajstić information content (AvgIpc) is 2.40. The van der Waals surface area contributed by atoms with Gasteiger partial charge in [0.15, 0.2) is 11.5 Å². The molecule has 0 saturated heterocycles. The van der Waals surface area contributed by atoms with Gasteiger partial charge in [-0.3, -0.25) is 0 Å². The fourth-order valence-electron chi connectivity index (χ4n) is 2.14. The number of benzene rings is 1. The van der Waals surface area contributed by atoms with Crippen LogP contribution in [0.3, 0.4) is 0 Å². The van der Waals surface area contributed by atoms with Crippen LogP contribution >= 0.6 is 11.6 Å². The van der Waals surface area contributed by atoms with E-state index >= 15 is 0 Å². The Morgan fingerprint density at radius 1 is 1.32 bits per heavy atom. The van der Waals surface area contributed by atoms with Gasteiger partial charge >= 0.3 is 0 Å². The molecule has 0 aliphatic heterocycles. The average molecular weight is 285 g/mol. The summed E-state index contributed by atoms with van der Waals surface area (Å²) in [6.45, 7) is 4.83. The van der Waals surface area contributed by atoms with Gasteiger partial charge in [0, 0.05) is 13.0 Å². The normalized spacial score (nSPS) is 25.8. The maximum Gasteiger partial charge on any atom is 0.161 e. The van der Waals surface area contributed by atoms with Crippen LogP contribution in [-0.4, -0.2) is 31.3 Å². The maximum absolute atomic E-state index is 6.17. The van der Waals surface area contributed by atoms with Gasteiger partial charge in [0.25, 0.3) is 0 Å². The van der Waals surface area contributed by atoms with Gasteiger partial charge in [-0.15, -0.1) is 11.6 Å². The largest absolute Gasteiger partial charge is 0.493 e. The molecular formula is C15H21ClO3. The number of alkyl halides is 1. The lowest BCUT2D eigenvalue weighted by Crippen LogP contribution is -2.52. The molecule has 19 heavy (non-hydrogen) atoms. The Hall–Kier alpha value is -0.930. The van der Waals surface area contributed by atoms with Crippen molar-refractivity contribution in [2.24, 2.45) is 0 Å². The van der Waals surface area contributed by atoms with Crippen molar-refractivity contribution in [2.75, 3.05) is 13.7 Å². The molecule has 0 heterocycles. The molecule has 3 atom stereocenters. The summed E-state index contributed by atoms with van der Waals surface area (Å²) in [4.78, 5) is 0. The minimum absolute atomic E-state index is 0.0191. The van der Waals surface area contributed by atoms with E-state index in [0.717, 1.165) is 36.5 Å². The van der Waals surface area contributed by atoms with E-state index in [1.54, 1.807) is 7.11 Å². The number of ether oxygens (including phenoxy) is 3. The van der Waals surface area contributed by atoms with Crippen LogP contribution < -0.4 is 9.47 Å². The highest BCUT2D eigenvalue weighted by molar-refractivity contribution is 6.21. The minimum atomic E-state index is -0.0207.